The molecule has 73 valence electrons. The fraction of sp³-hybridized carbons (Fsp3) is 0.0909. The van der Waals surface area contributed by atoms with Gasteiger partial charge in [0.25, 0.3) is 0 Å². The van der Waals surface area contributed by atoms with Crippen LogP contribution >= 0.6 is 0 Å². The van der Waals surface area contributed by atoms with E-state index in [2.05, 4.69) is 18.0 Å². The van der Waals surface area contributed by atoms with Crippen LogP contribution in [0.2, 0.25) is 0 Å². The van der Waals surface area contributed by atoms with Crippen molar-refractivity contribution < 1.29 is 16.8 Å². The number of nitrogens with zero attached hydrogens (tertiary/aromatic N) is 1. The smallest absolute Gasteiger partial charge is 0.0991 e. The number of nitrogens with one attached hydrogen (secondary N) is 1. The van der Waals surface area contributed by atoms with Crippen molar-refractivity contribution in [3.8, 4) is 6.07 Å². The summed E-state index contributed by atoms with van der Waals surface area (Å²) in [6.07, 6.45) is 2.69. The van der Waals surface area contributed by atoms with Crippen molar-refractivity contribution in [2.45, 2.75) is 6.42 Å². The molecular weight excluding hydrogens is 219 g/mol. The summed E-state index contributed by atoms with van der Waals surface area (Å²) in [5.41, 5.74) is 2.92. The molecule has 2 aromatic rings. The first-order valence-corrected chi connectivity index (χ1v) is 4.14. The van der Waals surface area contributed by atoms with E-state index in [1.54, 1.807) is 0 Å². The van der Waals surface area contributed by atoms with Gasteiger partial charge in [-0.3, -0.25) is 0 Å². The third-order valence-electron chi connectivity index (χ3n) is 2.17. The van der Waals surface area contributed by atoms with Crippen LogP contribution in [0.15, 0.2) is 24.4 Å². The average Bonchev–Trinajstić information content (AvgIpc) is 2.59. The van der Waals surface area contributed by atoms with Gasteiger partial charge in [0.05, 0.1) is 11.6 Å². The summed E-state index contributed by atoms with van der Waals surface area (Å²) in [4.78, 5) is 3.14. The molecule has 1 aromatic carbocycles. The van der Waals surface area contributed by atoms with Crippen LogP contribution in [0.3, 0.4) is 0 Å². The molecule has 1 radical (unpaired) electrons. The van der Waals surface area contributed by atoms with Crippen LogP contribution in [0, 0.1) is 18.3 Å². The van der Waals surface area contributed by atoms with Crippen LogP contribution in [0.1, 0.15) is 11.1 Å². The first-order chi connectivity index (χ1) is 6.35. The van der Waals surface area contributed by atoms with E-state index in [0.717, 1.165) is 22.9 Å². The summed E-state index contributed by atoms with van der Waals surface area (Å²) >= 11 is 0. The topological polar surface area (TPSA) is 39.6 Å². The molecule has 0 aliphatic rings. The van der Waals surface area contributed by atoms with Crippen molar-refractivity contribution in [3.63, 3.8) is 0 Å². The van der Waals surface area contributed by atoms with E-state index in [-0.39, 0.29) is 16.8 Å². The second-order valence-electron chi connectivity index (χ2n) is 2.94. The van der Waals surface area contributed by atoms with Gasteiger partial charge >= 0.3 is 0 Å². The van der Waals surface area contributed by atoms with Gasteiger partial charge in [-0.05, 0) is 18.2 Å². The predicted octanol–water partition coefficient (Wildman–Crippen LogP) is 2.41. The Morgan fingerprint density at radius 1 is 1.43 bits per heavy atom. The third-order valence-corrected chi connectivity index (χ3v) is 2.17. The minimum Gasteiger partial charge on any atom is -0.361 e. The number of hydrogen-bond donors (Lipinski definition) is 1. The van der Waals surface area contributed by atoms with Gasteiger partial charge in [-0.25, -0.2) is 0 Å². The molecule has 0 aliphatic heterocycles. The van der Waals surface area contributed by atoms with E-state index in [1.165, 1.54) is 0 Å². The Morgan fingerprint density at radius 2 is 2.21 bits per heavy atom. The molecule has 2 nitrogen and oxygen atoms in total. The van der Waals surface area contributed by atoms with E-state index in [1.807, 2.05) is 24.4 Å². The minimum atomic E-state index is 0. The summed E-state index contributed by atoms with van der Waals surface area (Å²) in [5.74, 6) is 0. The van der Waals surface area contributed by atoms with E-state index in [0.29, 0.717) is 5.56 Å². The standard InChI is InChI=1S/C11H9N2.Co/c1-2-9-7-13-11-4-3-8(6-12)5-10(9)11;/h3-5,7,13H,1-2H2;/q-1;. The predicted molar refractivity (Wildman–Crippen MR) is 52.1 cm³/mol. The normalized spacial score (nSPS) is 9.43. The summed E-state index contributed by atoms with van der Waals surface area (Å²) in [7, 11) is 0. The largest absolute Gasteiger partial charge is 0.361 e. The van der Waals surface area contributed by atoms with Crippen LogP contribution in [0.5, 0.6) is 0 Å². The maximum Gasteiger partial charge on any atom is 0.0991 e. The molecule has 1 N–H and O–H groups in total. The molecule has 0 saturated carbocycles. The molecule has 0 saturated heterocycles. The number of nitriles is 1. The molecule has 0 spiro atoms. The molecule has 2 rings (SSSR count). The molecule has 0 amide bonds. The maximum atomic E-state index is 8.72. The summed E-state index contributed by atoms with van der Waals surface area (Å²) < 4.78 is 0. The van der Waals surface area contributed by atoms with Gasteiger partial charge in [-0.1, -0.05) is 5.56 Å². The van der Waals surface area contributed by atoms with Crippen LogP contribution < -0.4 is 0 Å². The van der Waals surface area contributed by atoms with Gasteiger partial charge in [0.15, 0.2) is 0 Å². The Morgan fingerprint density at radius 3 is 2.86 bits per heavy atom. The van der Waals surface area contributed by atoms with Crippen molar-refractivity contribution in [1.82, 2.24) is 4.98 Å². The van der Waals surface area contributed by atoms with Crippen LogP contribution in [-0.4, -0.2) is 4.98 Å². The maximum absolute atomic E-state index is 8.72. The number of fused-ring (bicyclic) bond motifs is 1. The van der Waals surface area contributed by atoms with Gasteiger partial charge in [0, 0.05) is 33.9 Å². The Labute approximate surface area is 93.1 Å². The van der Waals surface area contributed by atoms with Crippen LogP contribution in [-0.2, 0) is 23.2 Å². The molecule has 1 heterocycles. The number of rotatable bonds is 1. The molecule has 0 bridgehead atoms. The zero-order chi connectivity index (χ0) is 9.26. The molecule has 14 heavy (non-hydrogen) atoms. The number of H-pyrrole nitrogens is 1. The van der Waals surface area contributed by atoms with E-state index >= 15 is 0 Å². The quantitative estimate of drug-likeness (QED) is 0.748. The van der Waals surface area contributed by atoms with Gasteiger partial charge < -0.3 is 11.9 Å². The Hall–Kier alpha value is -1.24. The van der Waals surface area contributed by atoms with Gasteiger partial charge in [-0.15, -0.1) is 0 Å². The van der Waals surface area contributed by atoms with Crippen LogP contribution in [0.25, 0.3) is 10.9 Å². The number of aromatic nitrogens is 1. The van der Waals surface area contributed by atoms with E-state index in [4.69, 9.17) is 5.26 Å². The van der Waals surface area contributed by atoms with E-state index in [9.17, 15) is 0 Å². The average molecular weight is 228 g/mol. The number of benzene rings is 1. The van der Waals surface area contributed by atoms with Crippen molar-refractivity contribution in [2.75, 3.05) is 0 Å². The van der Waals surface area contributed by atoms with Crippen molar-refractivity contribution in [3.05, 3.63) is 42.4 Å². The zero-order valence-corrected chi connectivity index (χ0v) is 8.55. The van der Waals surface area contributed by atoms with Gasteiger partial charge in [0.2, 0.25) is 0 Å². The zero-order valence-electron chi connectivity index (χ0n) is 7.50. The fourth-order valence-electron chi connectivity index (χ4n) is 1.45. The molecule has 0 atom stereocenters. The number of aromatic amines is 1. The Balaban J connectivity index is 0.000000980. The first kappa shape index (κ1) is 10.8. The van der Waals surface area contributed by atoms with Crippen molar-refractivity contribution in [1.29, 1.82) is 5.26 Å². The summed E-state index contributed by atoms with van der Waals surface area (Å²) in [5, 5.41) is 9.83. The molecule has 0 aliphatic carbocycles. The number of hydrogen-bond acceptors (Lipinski definition) is 1. The van der Waals surface area contributed by atoms with Gasteiger partial charge in [-0.2, -0.15) is 11.7 Å². The second kappa shape index (κ2) is 4.31. The molecule has 1 aromatic heterocycles. The van der Waals surface area contributed by atoms with Gasteiger partial charge in [0.1, 0.15) is 0 Å². The Kier molecular flexibility index (Phi) is 3.34. The monoisotopic (exact) mass is 228 g/mol. The SMILES string of the molecule is [CH2-]Cc1c[nH]c2ccc(C#N)cc12.[Co]. The van der Waals surface area contributed by atoms with E-state index < -0.39 is 0 Å². The third kappa shape index (κ3) is 1.67. The van der Waals surface area contributed by atoms with Crippen molar-refractivity contribution >= 4 is 10.9 Å². The summed E-state index contributed by atoms with van der Waals surface area (Å²) in [6, 6.07) is 7.76. The summed E-state index contributed by atoms with van der Waals surface area (Å²) in [6.45, 7) is 3.83. The Bertz CT molecular complexity index is 479. The fourth-order valence-corrected chi connectivity index (χ4v) is 1.45. The van der Waals surface area contributed by atoms with Crippen molar-refractivity contribution in [2.24, 2.45) is 0 Å². The molecule has 3 heteroatoms. The second-order valence-corrected chi connectivity index (χ2v) is 2.94. The molecule has 0 fully saturated rings. The van der Waals surface area contributed by atoms with Crippen LogP contribution in [0.4, 0.5) is 0 Å². The molecular formula is C11H9CoN2-. The minimum absolute atomic E-state index is 0. The molecule has 0 unspecified atom stereocenters. The first-order valence-electron chi connectivity index (χ1n) is 4.14.